The summed E-state index contributed by atoms with van der Waals surface area (Å²) in [5.74, 6) is 0.983. The van der Waals surface area contributed by atoms with Gasteiger partial charge in [-0.1, -0.05) is 17.7 Å². The molecule has 0 saturated carbocycles. The van der Waals surface area contributed by atoms with Crippen LogP contribution in [0.5, 0.6) is 17.2 Å². The van der Waals surface area contributed by atoms with E-state index in [0.717, 1.165) is 5.56 Å². The predicted octanol–water partition coefficient (Wildman–Crippen LogP) is 4.18. The van der Waals surface area contributed by atoms with Gasteiger partial charge < -0.3 is 19.5 Å². The number of carbonyl (C=O) groups is 2. The average Bonchev–Trinajstić information content (AvgIpc) is 2.84. The zero-order valence-corrected chi connectivity index (χ0v) is 19.3. The van der Waals surface area contributed by atoms with Gasteiger partial charge in [0.25, 0.3) is 11.8 Å². The van der Waals surface area contributed by atoms with Gasteiger partial charge in [0.2, 0.25) is 0 Å². The van der Waals surface area contributed by atoms with Crippen molar-refractivity contribution in [2.75, 3.05) is 25.6 Å². The summed E-state index contributed by atoms with van der Waals surface area (Å²) in [6.07, 6.45) is 1.51. The topological polar surface area (TPSA) is 98.3 Å². The summed E-state index contributed by atoms with van der Waals surface area (Å²) in [6, 6.07) is 19.4. The molecule has 0 aromatic heterocycles. The zero-order valence-electron chi connectivity index (χ0n) is 19.3. The number of methoxy groups -OCH3 is 1. The normalized spacial score (nSPS) is 10.6. The molecule has 2 N–H and O–H groups in total. The molecule has 176 valence electrons. The molecule has 3 aromatic rings. The van der Waals surface area contributed by atoms with E-state index in [4.69, 9.17) is 14.2 Å². The van der Waals surface area contributed by atoms with Crippen molar-refractivity contribution < 1.29 is 23.8 Å². The third kappa shape index (κ3) is 7.09. The molecule has 0 aliphatic carbocycles. The Morgan fingerprint density at radius 1 is 0.941 bits per heavy atom. The van der Waals surface area contributed by atoms with E-state index in [2.05, 4.69) is 15.8 Å². The minimum Gasteiger partial charge on any atom is -0.497 e. The smallest absolute Gasteiger partial charge is 0.271 e. The van der Waals surface area contributed by atoms with Crippen molar-refractivity contribution in [2.45, 2.75) is 13.8 Å². The molecule has 0 saturated heterocycles. The molecule has 3 aromatic carbocycles. The monoisotopic (exact) mass is 461 g/mol. The van der Waals surface area contributed by atoms with Crippen molar-refractivity contribution in [2.24, 2.45) is 5.10 Å². The second-order valence-corrected chi connectivity index (χ2v) is 7.27. The standard InChI is InChI=1S/C26H27N3O5/c1-4-33-24-15-19(16-27-29-26(31)20-8-5-18(2)6-9-20)7-14-23(24)34-17-25(30)28-21-10-12-22(32-3)13-11-21/h5-16H,4,17H2,1-3H3,(H,28,30)(H,29,31)/b27-16+. The van der Waals surface area contributed by atoms with Gasteiger partial charge in [-0.25, -0.2) is 5.43 Å². The number of carbonyl (C=O) groups excluding carboxylic acids is 2. The van der Waals surface area contributed by atoms with Crippen LogP contribution in [0.15, 0.2) is 71.8 Å². The highest BCUT2D eigenvalue weighted by Gasteiger charge is 2.10. The van der Waals surface area contributed by atoms with Crippen molar-refractivity contribution in [1.29, 1.82) is 0 Å². The fourth-order valence-corrected chi connectivity index (χ4v) is 2.94. The van der Waals surface area contributed by atoms with Crippen LogP contribution in [0.25, 0.3) is 0 Å². The van der Waals surface area contributed by atoms with Gasteiger partial charge in [0, 0.05) is 11.3 Å². The number of anilines is 1. The summed E-state index contributed by atoms with van der Waals surface area (Å²) in [5.41, 5.74) is 5.43. The van der Waals surface area contributed by atoms with Crippen LogP contribution in [0.2, 0.25) is 0 Å². The van der Waals surface area contributed by atoms with E-state index in [1.54, 1.807) is 61.7 Å². The van der Waals surface area contributed by atoms with Crippen molar-refractivity contribution in [3.63, 3.8) is 0 Å². The molecular formula is C26H27N3O5. The first kappa shape index (κ1) is 24.3. The first-order chi connectivity index (χ1) is 16.5. The number of nitrogens with one attached hydrogen (secondary N) is 2. The quantitative estimate of drug-likeness (QED) is 0.349. The predicted molar refractivity (Wildman–Crippen MR) is 131 cm³/mol. The van der Waals surface area contributed by atoms with Crippen LogP contribution in [-0.2, 0) is 4.79 Å². The number of benzene rings is 3. The second-order valence-electron chi connectivity index (χ2n) is 7.27. The van der Waals surface area contributed by atoms with Crippen LogP contribution in [0, 0.1) is 6.92 Å². The molecule has 2 amide bonds. The molecule has 0 spiro atoms. The molecule has 0 aliphatic rings. The molecule has 0 bridgehead atoms. The first-order valence-corrected chi connectivity index (χ1v) is 10.7. The highest BCUT2D eigenvalue weighted by atomic mass is 16.5. The van der Waals surface area contributed by atoms with Crippen molar-refractivity contribution in [1.82, 2.24) is 5.43 Å². The summed E-state index contributed by atoms with van der Waals surface area (Å²) >= 11 is 0. The highest BCUT2D eigenvalue weighted by molar-refractivity contribution is 5.95. The minimum absolute atomic E-state index is 0.188. The fraction of sp³-hybridized carbons (Fsp3) is 0.192. The largest absolute Gasteiger partial charge is 0.497 e. The molecule has 34 heavy (non-hydrogen) atoms. The lowest BCUT2D eigenvalue weighted by Gasteiger charge is -2.13. The van der Waals surface area contributed by atoms with Crippen molar-refractivity contribution >= 4 is 23.7 Å². The molecule has 8 nitrogen and oxygen atoms in total. The van der Waals surface area contributed by atoms with Gasteiger partial charge >= 0.3 is 0 Å². The van der Waals surface area contributed by atoms with E-state index in [1.807, 2.05) is 26.0 Å². The zero-order chi connectivity index (χ0) is 24.3. The maximum absolute atomic E-state index is 12.2. The summed E-state index contributed by atoms with van der Waals surface area (Å²) in [6.45, 7) is 4.03. The van der Waals surface area contributed by atoms with Crippen molar-refractivity contribution in [3.8, 4) is 17.2 Å². The van der Waals surface area contributed by atoms with E-state index >= 15 is 0 Å². The molecule has 0 aliphatic heterocycles. The van der Waals surface area contributed by atoms with E-state index in [0.29, 0.717) is 40.7 Å². The minimum atomic E-state index is -0.308. The van der Waals surface area contributed by atoms with E-state index in [9.17, 15) is 9.59 Å². The molecule has 3 rings (SSSR count). The van der Waals surface area contributed by atoms with Crippen LogP contribution in [0.4, 0.5) is 5.69 Å². The Labute approximate surface area is 198 Å². The van der Waals surface area contributed by atoms with Gasteiger partial charge in [0.15, 0.2) is 18.1 Å². The summed E-state index contributed by atoms with van der Waals surface area (Å²) in [4.78, 5) is 24.4. The van der Waals surface area contributed by atoms with Crippen molar-refractivity contribution in [3.05, 3.63) is 83.4 Å². The second kappa shape index (κ2) is 12.1. The lowest BCUT2D eigenvalue weighted by Crippen LogP contribution is -2.20. The Kier molecular flexibility index (Phi) is 8.62. The van der Waals surface area contributed by atoms with E-state index in [-0.39, 0.29) is 18.4 Å². The number of hydrogen-bond acceptors (Lipinski definition) is 6. The maximum atomic E-state index is 12.2. The average molecular weight is 462 g/mol. The number of amides is 2. The molecule has 8 heteroatoms. The summed E-state index contributed by atoms with van der Waals surface area (Å²) in [7, 11) is 1.58. The summed E-state index contributed by atoms with van der Waals surface area (Å²) < 4.78 is 16.4. The molecular weight excluding hydrogens is 434 g/mol. The third-order valence-electron chi connectivity index (χ3n) is 4.69. The molecule has 0 unspecified atom stereocenters. The number of hydrazone groups is 1. The van der Waals surface area contributed by atoms with Gasteiger partial charge in [-0.2, -0.15) is 5.10 Å². The lowest BCUT2D eigenvalue weighted by molar-refractivity contribution is -0.118. The first-order valence-electron chi connectivity index (χ1n) is 10.7. The van der Waals surface area contributed by atoms with Gasteiger partial charge in [-0.15, -0.1) is 0 Å². The maximum Gasteiger partial charge on any atom is 0.271 e. The molecule has 0 radical (unpaired) electrons. The van der Waals surface area contributed by atoms with Crippen LogP contribution >= 0.6 is 0 Å². The SMILES string of the molecule is CCOc1cc(/C=N/NC(=O)c2ccc(C)cc2)ccc1OCC(=O)Nc1ccc(OC)cc1. The van der Waals surface area contributed by atoms with E-state index in [1.165, 1.54) is 6.21 Å². The lowest BCUT2D eigenvalue weighted by atomic mass is 10.1. The fourth-order valence-electron chi connectivity index (χ4n) is 2.94. The Hall–Kier alpha value is -4.33. The van der Waals surface area contributed by atoms with Gasteiger partial charge in [-0.05, 0) is 74.0 Å². The third-order valence-corrected chi connectivity index (χ3v) is 4.69. The van der Waals surface area contributed by atoms with Gasteiger partial charge in [0.05, 0.1) is 19.9 Å². The summed E-state index contributed by atoms with van der Waals surface area (Å²) in [5, 5.41) is 6.77. The van der Waals surface area contributed by atoms with Crippen LogP contribution < -0.4 is 25.0 Å². The highest BCUT2D eigenvalue weighted by Crippen LogP contribution is 2.28. The molecule has 0 fully saturated rings. The van der Waals surface area contributed by atoms with Gasteiger partial charge in [-0.3, -0.25) is 9.59 Å². The van der Waals surface area contributed by atoms with Crippen LogP contribution in [0.1, 0.15) is 28.4 Å². The molecule has 0 heterocycles. The van der Waals surface area contributed by atoms with Crippen LogP contribution in [-0.4, -0.2) is 38.4 Å². The molecule has 0 atom stereocenters. The van der Waals surface area contributed by atoms with Gasteiger partial charge in [0.1, 0.15) is 5.75 Å². The number of ether oxygens (including phenoxy) is 3. The number of nitrogens with zero attached hydrogens (tertiary/aromatic N) is 1. The number of rotatable bonds is 10. The Morgan fingerprint density at radius 2 is 1.68 bits per heavy atom. The Balaban J connectivity index is 1.58. The Bertz CT molecular complexity index is 1140. The number of hydrogen-bond donors (Lipinski definition) is 2. The van der Waals surface area contributed by atoms with Crippen LogP contribution in [0.3, 0.4) is 0 Å². The van der Waals surface area contributed by atoms with E-state index < -0.39 is 0 Å². The Morgan fingerprint density at radius 3 is 2.35 bits per heavy atom. The number of aryl methyl sites for hydroxylation is 1.